The van der Waals surface area contributed by atoms with Gasteiger partial charge in [0.25, 0.3) is 0 Å². The van der Waals surface area contributed by atoms with E-state index in [-0.39, 0.29) is 6.61 Å². The minimum Gasteiger partial charge on any atom is -0.396 e. The summed E-state index contributed by atoms with van der Waals surface area (Å²) in [5.41, 5.74) is 3.11. The molecule has 0 bridgehead atoms. The molecule has 50 valence electrons. The summed E-state index contributed by atoms with van der Waals surface area (Å²) in [4.78, 5) is 4.31. The van der Waals surface area contributed by atoms with Crippen LogP contribution in [0.3, 0.4) is 0 Å². The molecular weight excluding hydrogens is 134 g/mol. The van der Waals surface area contributed by atoms with Crippen molar-refractivity contribution in [2.75, 3.05) is 6.61 Å². The van der Waals surface area contributed by atoms with Gasteiger partial charge in [0.2, 0.25) is 5.51 Å². The molecular formula is C6H10NOS+. The van der Waals surface area contributed by atoms with Gasteiger partial charge in [-0.3, -0.25) is 0 Å². The molecule has 0 atom stereocenters. The molecule has 1 rings (SSSR count). The van der Waals surface area contributed by atoms with Crippen molar-refractivity contribution in [1.82, 2.24) is 0 Å². The van der Waals surface area contributed by atoms with Crippen LogP contribution in [0.1, 0.15) is 10.6 Å². The van der Waals surface area contributed by atoms with Gasteiger partial charge in [0.1, 0.15) is 0 Å². The molecule has 0 aliphatic rings. The van der Waals surface area contributed by atoms with Gasteiger partial charge in [0, 0.05) is 20.0 Å². The molecule has 3 heteroatoms. The molecule has 0 fully saturated rings. The van der Waals surface area contributed by atoms with Gasteiger partial charge in [-0.25, -0.2) is 4.98 Å². The van der Waals surface area contributed by atoms with Crippen molar-refractivity contribution in [3.8, 4) is 0 Å². The van der Waals surface area contributed by atoms with Crippen LogP contribution in [0.25, 0.3) is 0 Å². The first-order chi connectivity index (χ1) is 4.34. The molecule has 0 aliphatic carbocycles. The van der Waals surface area contributed by atoms with Crippen LogP contribution in [0.2, 0.25) is 0 Å². The third-order valence-corrected chi connectivity index (χ3v) is 2.26. The highest BCUT2D eigenvalue weighted by atomic mass is 32.1. The van der Waals surface area contributed by atoms with E-state index in [9.17, 15) is 0 Å². The van der Waals surface area contributed by atoms with Crippen molar-refractivity contribution in [3.05, 3.63) is 16.1 Å². The monoisotopic (exact) mass is 144 g/mol. The summed E-state index contributed by atoms with van der Waals surface area (Å²) in [5, 5.41) is 8.56. The van der Waals surface area contributed by atoms with Gasteiger partial charge in [-0.15, -0.1) is 0 Å². The second-order valence-electron chi connectivity index (χ2n) is 1.90. The van der Waals surface area contributed by atoms with E-state index in [4.69, 9.17) is 5.11 Å². The molecule has 0 radical (unpaired) electrons. The fraction of sp³-hybridized carbons (Fsp3) is 0.500. The van der Waals surface area contributed by atoms with E-state index in [0.717, 1.165) is 6.42 Å². The van der Waals surface area contributed by atoms with E-state index in [1.165, 1.54) is 10.6 Å². The highest BCUT2D eigenvalue weighted by molar-refractivity contribution is 7.09. The molecule has 0 saturated heterocycles. The quantitative estimate of drug-likeness (QED) is 0.640. The predicted molar refractivity (Wildman–Crippen MR) is 36.4 cm³/mol. The fourth-order valence-electron chi connectivity index (χ4n) is 0.706. The highest BCUT2D eigenvalue weighted by Crippen LogP contribution is 2.08. The van der Waals surface area contributed by atoms with Crippen LogP contribution in [-0.2, 0) is 6.42 Å². The van der Waals surface area contributed by atoms with Gasteiger partial charge in [0.15, 0.2) is 5.69 Å². The molecule has 0 saturated carbocycles. The predicted octanol–water partition coefficient (Wildman–Crippen LogP) is 0.405. The van der Waals surface area contributed by atoms with Crippen LogP contribution in [0.5, 0.6) is 0 Å². The zero-order valence-electron chi connectivity index (χ0n) is 5.35. The average molecular weight is 144 g/mol. The minimum atomic E-state index is 0.245. The summed E-state index contributed by atoms with van der Waals surface area (Å²) in [6, 6.07) is 0. The Hall–Kier alpha value is -0.410. The zero-order chi connectivity index (χ0) is 6.69. The molecule has 0 aliphatic heterocycles. The Balaban J connectivity index is 2.69. The van der Waals surface area contributed by atoms with E-state index in [1.54, 1.807) is 11.3 Å². The first kappa shape index (κ1) is 6.71. The van der Waals surface area contributed by atoms with Crippen LogP contribution >= 0.6 is 11.3 Å². The molecule has 2 nitrogen and oxygen atoms in total. The van der Waals surface area contributed by atoms with Crippen LogP contribution < -0.4 is 4.98 Å². The van der Waals surface area contributed by atoms with E-state index < -0.39 is 0 Å². The standard InChI is InChI=1S/C6H9NOS/c1-5-6(2-3-8)9-4-7-5/h4,8H,2-3H2,1H3/p+1. The average Bonchev–Trinajstić information content (AvgIpc) is 2.18. The minimum absolute atomic E-state index is 0.245. The molecule has 1 aromatic heterocycles. The van der Waals surface area contributed by atoms with Crippen molar-refractivity contribution in [3.63, 3.8) is 0 Å². The summed E-state index contributed by atoms with van der Waals surface area (Å²) in [7, 11) is 0. The number of aromatic amines is 1. The molecule has 1 heterocycles. The van der Waals surface area contributed by atoms with Gasteiger partial charge in [-0.2, -0.15) is 0 Å². The molecule has 0 unspecified atom stereocenters. The van der Waals surface area contributed by atoms with Crippen molar-refractivity contribution in [2.45, 2.75) is 13.3 Å². The van der Waals surface area contributed by atoms with Crippen molar-refractivity contribution in [2.24, 2.45) is 0 Å². The van der Waals surface area contributed by atoms with Crippen molar-refractivity contribution in [1.29, 1.82) is 0 Å². The van der Waals surface area contributed by atoms with Crippen molar-refractivity contribution >= 4 is 11.3 Å². The summed E-state index contributed by atoms with van der Waals surface area (Å²) >= 11 is 1.66. The summed E-state index contributed by atoms with van der Waals surface area (Å²) < 4.78 is 0. The maximum Gasteiger partial charge on any atom is 0.223 e. The van der Waals surface area contributed by atoms with E-state index in [2.05, 4.69) is 4.98 Å². The second-order valence-corrected chi connectivity index (χ2v) is 2.87. The second kappa shape index (κ2) is 2.94. The summed E-state index contributed by atoms with van der Waals surface area (Å²) in [6.07, 6.45) is 0.778. The van der Waals surface area contributed by atoms with Crippen LogP contribution in [-0.4, -0.2) is 11.7 Å². The molecule has 0 amide bonds. The van der Waals surface area contributed by atoms with E-state index >= 15 is 0 Å². The number of aromatic nitrogens is 1. The van der Waals surface area contributed by atoms with Gasteiger partial charge in [0.05, 0.1) is 4.88 Å². The Morgan fingerprint density at radius 2 is 2.56 bits per heavy atom. The third kappa shape index (κ3) is 1.50. The van der Waals surface area contributed by atoms with Gasteiger partial charge >= 0.3 is 0 Å². The Labute approximate surface area is 58.2 Å². The number of H-pyrrole nitrogens is 1. The Morgan fingerprint density at radius 1 is 1.78 bits per heavy atom. The molecule has 2 N–H and O–H groups in total. The Bertz CT molecular complexity index is 185. The molecule has 1 aromatic rings. The molecule has 9 heavy (non-hydrogen) atoms. The van der Waals surface area contributed by atoms with Crippen LogP contribution in [0.4, 0.5) is 0 Å². The topological polar surface area (TPSA) is 34.4 Å². The van der Waals surface area contributed by atoms with Gasteiger partial charge in [-0.05, 0) is 0 Å². The zero-order valence-corrected chi connectivity index (χ0v) is 6.16. The van der Waals surface area contributed by atoms with Crippen molar-refractivity contribution < 1.29 is 10.1 Å². The SMILES string of the molecule is Cc1[nH+]csc1CCO. The van der Waals surface area contributed by atoms with Crippen LogP contribution in [0, 0.1) is 6.92 Å². The normalized spacial score (nSPS) is 10.0. The fourth-order valence-corrected chi connectivity index (χ4v) is 1.53. The van der Waals surface area contributed by atoms with Gasteiger partial charge < -0.3 is 5.11 Å². The molecule has 0 spiro atoms. The highest BCUT2D eigenvalue weighted by Gasteiger charge is 2.03. The van der Waals surface area contributed by atoms with Gasteiger partial charge in [-0.1, -0.05) is 11.3 Å². The lowest BCUT2D eigenvalue weighted by Crippen LogP contribution is -2.01. The smallest absolute Gasteiger partial charge is 0.223 e. The molecule has 0 aromatic carbocycles. The number of rotatable bonds is 2. The number of aryl methyl sites for hydroxylation is 1. The Morgan fingerprint density at radius 3 is 3.00 bits per heavy atom. The van der Waals surface area contributed by atoms with E-state index in [1.807, 2.05) is 12.4 Å². The summed E-state index contributed by atoms with van der Waals surface area (Å²) in [6.45, 7) is 2.26. The lowest BCUT2D eigenvalue weighted by atomic mass is 10.3. The first-order valence-corrected chi connectivity index (χ1v) is 3.78. The summed E-state index contributed by atoms with van der Waals surface area (Å²) in [5.74, 6) is 0. The first-order valence-electron chi connectivity index (χ1n) is 2.90. The van der Waals surface area contributed by atoms with Crippen LogP contribution in [0.15, 0.2) is 5.51 Å². The largest absolute Gasteiger partial charge is 0.396 e. The third-order valence-electron chi connectivity index (χ3n) is 1.23. The van der Waals surface area contributed by atoms with E-state index in [0.29, 0.717) is 0 Å². The number of aliphatic hydroxyl groups excluding tert-OH is 1. The maximum absolute atomic E-state index is 8.56. The number of nitrogens with one attached hydrogen (secondary N) is 1. The number of thiazole rings is 1. The number of hydrogen-bond donors (Lipinski definition) is 1. The number of aliphatic hydroxyl groups is 1. The Kier molecular flexibility index (Phi) is 2.19. The number of hydrogen-bond acceptors (Lipinski definition) is 2. The lowest BCUT2D eigenvalue weighted by Gasteiger charge is -1.86. The lowest BCUT2D eigenvalue weighted by molar-refractivity contribution is -0.380. The maximum atomic E-state index is 8.56.